The van der Waals surface area contributed by atoms with Crippen LogP contribution >= 0.6 is 0 Å². The van der Waals surface area contributed by atoms with Gasteiger partial charge in [0.2, 0.25) is 5.91 Å². The molecule has 0 unspecified atom stereocenters. The Morgan fingerprint density at radius 2 is 1.84 bits per heavy atom. The van der Waals surface area contributed by atoms with Gasteiger partial charge in [0.05, 0.1) is 6.54 Å². The summed E-state index contributed by atoms with van der Waals surface area (Å²) in [5.74, 6) is -0.0227. The molecule has 3 rings (SSSR count). The molecule has 0 atom stereocenters. The number of amides is 3. The number of piperidine rings is 1. The largest absolute Gasteiger partial charge is 0.336 e. The number of likely N-dealkylation sites (tertiary alicyclic amines) is 1. The van der Waals surface area contributed by atoms with Crippen LogP contribution < -0.4 is 10.6 Å². The van der Waals surface area contributed by atoms with E-state index < -0.39 is 0 Å². The van der Waals surface area contributed by atoms with E-state index in [-0.39, 0.29) is 24.5 Å². The molecule has 1 fully saturated rings. The van der Waals surface area contributed by atoms with Gasteiger partial charge in [-0.15, -0.1) is 0 Å². The molecule has 1 aromatic carbocycles. The predicted molar refractivity (Wildman–Crippen MR) is 97.2 cm³/mol. The van der Waals surface area contributed by atoms with Gasteiger partial charge in [-0.25, -0.2) is 4.79 Å². The summed E-state index contributed by atoms with van der Waals surface area (Å²) >= 11 is 0. The summed E-state index contributed by atoms with van der Waals surface area (Å²) in [5.41, 5.74) is 2.52. The number of carbonyl (C=O) groups is 2. The van der Waals surface area contributed by atoms with E-state index in [4.69, 9.17) is 0 Å². The Morgan fingerprint density at radius 3 is 2.56 bits per heavy atom. The smallest absolute Gasteiger partial charge is 0.315 e. The van der Waals surface area contributed by atoms with Crippen molar-refractivity contribution in [2.24, 2.45) is 0 Å². The Morgan fingerprint density at radius 1 is 1.12 bits per heavy atom. The number of nitrogens with zero attached hydrogens (tertiary/aromatic N) is 2. The molecule has 2 aliphatic heterocycles. The average Bonchev–Trinajstić information content (AvgIpc) is 2.66. The Hall–Kier alpha value is -2.08. The van der Waals surface area contributed by atoms with Gasteiger partial charge in [0.1, 0.15) is 0 Å². The predicted octanol–water partition coefficient (Wildman–Crippen LogP) is 1.35. The topological polar surface area (TPSA) is 64.7 Å². The molecule has 2 aliphatic rings. The van der Waals surface area contributed by atoms with Crippen molar-refractivity contribution in [2.75, 3.05) is 32.7 Å². The number of hydrogen-bond acceptors (Lipinski definition) is 3. The van der Waals surface area contributed by atoms with Gasteiger partial charge in [0.15, 0.2) is 0 Å². The van der Waals surface area contributed by atoms with Gasteiger partial charge in [0, 0.05) is 32.2 Å². The van der Waals surface area contributed by atoms with Crippen LogP contribution in [0.1, 0.15) is 30.9 Å². The molecule has 0 spiro atoms. The molecule has 1 saturated heterocycles. The molecule has 0 saturated carbocycles. The highest BCUT2D eigenvalue weighted by Gasteiger charge is 2.22. The average molecular weight is 344 g/mol. The SMILES string of the molecule is CCN1CCC(NC(=O)NCC(=O)N2CCc3ccccc3C2)CC1. The lowest BCUT2D eigenvalue weighted by molar-refractivity contribution is -0.131. The van der Waals surface area contributed by atoms with Crippen LogP contribution in [-0.2, 0) is 17.8 Å². The van der Waals surface area contributed by atoms with Crippen molar-refractivity contribution < 1.29 is 9.59 Å². The van der Waals surface area contributed by atoms with Crippen molar-refractivity contribution in [2.45, 2.75) is 38.8 Å². The van der Waals surface area contributed by atoms with Gasteiger partial charge in [-0.1, -0.05) is 31.2 Å². The highest BCUT2D eigenvalue weighted by molar-refractivity contribution is 5.84. The molecule has 6 nitrogen and oxygen atoms in total. The van der Waals surface area contributed by atoms with E-state index in [0.29, 0.717) is 13.1 Å². The molecule has 6 heteroatoms. The van der Waals surface area contributed by atoms with Crippen molar-refractivity contribution in [1.29, 1.82) is 0 Å². The van der Waals surface area contributed by atoms with E-state index in [1.165, 1.54) is 11.1 Å². The Bertz CT molecular complexity index is 611. The van der Waals surface area contributed by atoms with Crippen molar-refractivity contribution in [3.8, 4) is 0 Å². The number of carbonyl (C=O) groups excluding carboxylic acids is 2. The third kappa shape index (κ3) is 4.72. The van der Waals surface area contributed by atoms with Crippen molar-refractivity contribution in [1.82, 2.24) is 20.4 Å². The molecule has 0 aromatic heterocycles. The van der Waals surface area contributed by atoms with Crippen LogP contribution in [0.4, 0.5) is 4.79 Å². The molecule has 2 heterocycles. The summed E-state index contributed by atoms with van der Waals surface area (Å²) in [6, 6.07) is 8.19. The first-order chi connectivity index (χ1) is 12.2. The molecule has 0 radical (unpaired) electrons. The number of nitrogens with one attached hydrogen (secondary N) is 2. The van der Waals surface area contributed by atoms with Crippen molar-refractivity contribution in [3.05, 3.63) is 35.4 Å². The second-order valence-corrected chi connectivity index (χ2v) is 6.87. The molecule has 25 heavy (non-hydrogen) atoms. The number of hydrogen-bond donors (Lipinski definition) is 2. The quantitative estimate of drug-likeness (QED) is 0.867. The number of fused-ring (bicyclic) bond motifs is 1. The summed E-state index contributed by atoms with van der Waals surface area (Å²) in [6.07, 6.45) is 2.82. The maximum atomic E-state index is 12.4. The molecule has 3 amide bonds. The molecule has 1 aromatic rings. The van der Waals surface area contributed by atoms with Crippen LogP contribution in [0.25, 0.3) is 0 Å². The fourth-order valence-electron chi connectivity index (χ4n) is 3.61. The third-order valence-electron chi connectivity index (χ3n) is 5.25. The number of urea groups is 1. The molecular weight excluding hydrogens is 316 g/mol. The van der Waals surface area contributed by atoms with Crippen LogP contribution in [0.15, 0.2) is 24.3 Å². The first-order valence-electron chi connectivity index (χ1n) is 9.27. The van der Waals surface area contributed by atoms with Crippen molar-refractivity contribution in [3.63, 3.8) is 0 Å². The van der Waals surface area contributed by atoms with E-state index in [9.17, 15) is 9.59 Å². The first kappa shape index (κ1) is 17.7. The normalized spacial score (nSPS) is 18.5. The van der Waals surface area contributed by atoms with Gasteiger partial charge in [0.25, 0.3) is 0 Å². The standard InChI is InChI=1S/C19H28N4O2/c1-2-22-10-8-17(9-11-22)21-19(25)20-13-18(24)23-12-7-15-5-3-4-6-16(15)14-23/h3-6,17H,2,7-14H2,1H3,(H2,20,21,25). The van der Waals surface area contributed by atoms with Gasteiger partial charge in [-0.05, 0) is 36.9 Å². The first-order valence-corrected chi connectivity index (χ1v) is 9.27. The maximum Gasteiger partial charge on any atom is 0.315 e. The second kappa shape index (κ2) is 8.34. The Kier molecular flexibility index (Phi) is 5.91. The summed E-state index contributed by atoms with van der Waals surface area (Å²) in [7, 11) is 0. The van der Waals surface area contributed by atoms with Gasteiger partial charge >= 0.3 is 6.03 Å². The zero-order chi connectivity index (χ0) is 17.6. The van der Waals surface area contributed by atoms with Crippen molar-refractivity contribution >= 4 is 11.9 Å². The Balaban J connectivity index is 1.40. The minimum absolute atomic E-state index is 0.0227. The molecule has 0 aliphatic carbocycles. The van der Waals surface area contributed by atoms with Crippen LogP contribution in [0.5, 0.6) is 0 Å². The van der Waals surface area contributed by atoms with Crippen LogP contribution in [-0.4, -0.2) is 60.5 Å². The van der Waals surface area contributed by atoms with E-state index in [1.807, 2.05) is 17.0 Å². The van der Waals surface area contributed by atoms with E-state index in [2.05, 4.69) is 34.6 Å². The fourth-order valence-corrected chi connectivity index (χ4v) is 3.61. The molecular formula is C19H28N4O2. The number of benzene rings is 1. The summed E-state index contributed by atoms with van der Waals surface area (Å²) in [4.78, 5) is 28.6. The van der Waals surface area contributed by atoms with Gasteiger partial charge in [-0.2, -0.15) is 0 Å². The highest BCUT2D eigenvalue weighted by atomic mass is 16.2. The van der Waals surface area contributed by atoms with E-state index >= 15 is 0 Å². The van der Waals surface area contributed by atoms with E-state index in [1.54, 1.807) is 0 Å². The summed E-state index contributed by atoms with van der Waals surface area (Å²) in [6.45, 7) is 6.67. The highest BCUT2D eigenvalue weighted by Crippen LogP contribution is 2.18. The second-order valence-electron chi connectivity index (χ2n) is 6.87. The summed E-state index contributed by atoms with van der Waals surface area (Å²) in [5, 5.41) is 5.71. The zero-order valence-corrected chi connectivity index (χ0v) is 15.0. The number of rotatable bonds is 4. The third-order valence-corrected chi connectivity index (χ3v) is 5.25. The van der Waals surface area contributed by atoms with E-state index in [0.717, 1.165) is 38.9 Å². The zero-order valence-electron chi connectivity index (χ0n) is 15.0. The monoisotopic (exact) mass is 344 g/mol. The van der Waals surface area contributed by atoms with Crippen LogP contribution in [0.2, 0.25) is 0 Å². The maximum absolute atomic E-state index is 12.4. The molecule has 136 valence electrons. The lowest BCUT2D eigenvalue weighted by Crippen LogP contribution is -2.50. The van der Waals surface area contributed by atoms with Gasteiger partial charge in [-0.3, -0.25) is 4.79 Å². The lowest BCUT2D eigenvalue weighted by atomic mass is 10.00. The van der Waals surface area contributed by atoms with Crippen LogP contribution in [0, 0.1) is 0 Å². The fraction of sp³-hybridized carbons (Fsp3) is 0.579. The van der Waals surface area contributed by atoms with Crippen LogP contribution in [0.3, 0.4) is 0 Å². The lowest BCUT2D eigenvalue weighted by Gasteiger charge is -2.31. The molecule has 2 N–H and O–H groups in total. The summed E-state index contributed by atoms with van der Waals surface area (Å²) < 4.78 is 0. The minimum Gasteiger partial charge on any atom is -0.336 e. The van der Waals surface area contributed by atoms with Gasteiger partial charge < -0.3 is 20.4 Å². The molecule has 0 bridgehead atoms. The minimum atomic E-state index is -0.235. The Labute approximate surface area is 149 Å².